The van der Waals surface area contributed by atoms with Gasteiger partial charge in [-0.1, -0.05) is 18.2 Å². The van der Waals surface area contributed by atoms with E-state index in [-0.39, 0.29) is 0 Å². The number of nitrogens with zero attached hydrogens (tertiary/aromatic N) is 3. The number of hydrogen-bond donors (Lipinski definition) is 1. The van der Waals surface area contributed by atoms with Crippen molar-refractivity contribution in [1.82, 2.24) is 9.97 Å². The summed E-state index contributed by atoms with van der Waals surface area (Å²) >= 11 is 0. The Kier molecular flexibility index (Phi) is 3.12. The van der Waals surface area contributed by atoms with E-state index < -0.39 is 0 Å². The van der Waals surface area contributed by atoms with Crippen molar-refractivity contribution in [3.8, 4) is 0 Å². The van der Waals surface area contributed by atoms with E-state index in [2.05, 4.69) is 9.97 Å². The van der Waals surface area contributed by atoms with Gasteiger partial charge in [-0.3, -0.25) is 0 Å². The average molecular weight is 214 g/mol. The second-order valence-corrected chi connectivity index (χ2v) is 3.43. The van der Waals surface area contributed by atoms with Crippen LogP contribution in [0.4, 0.5) is 11.5 Å². The molecule has 2 aromatic rings. The van der Waals surface area contributed by atoms with Gasteiger partial charge in [-0.2, -0.15) is 0 Å². The number of rotatable bonds is 3. The maximum atomic E-state index is 5.51. The molecule has 0 amide bonds. The van der Waals surface area contributed by atoms with E-state index in [9.17, 15) is 0 Å². The molecule has 2 N–H and O–H groups in total. The maximum Gasteiger partial charge on any atom is 0.144 e. The number of anilines is 2. The Hall–Kier alpha value is -1.94. The summed E-state index contributed by atoms with van der Waals surface area (Å²) < 4.78 is 0. The molecule has 0 radical (unpaired) electrons. The van der Waals surface area contributed by atoms with Crippen molar-refractivity contribution < 1.29 is 0 Å². The summed E-state index contributed by atoms with van der Waals surface area (Å²) in [6.07, 6.45) is 1.73. The van der Waals surface area contributed by atoms with Crippen molar-refractivity contribution in [2.75, 3.05) is 11.9 Å². The summed E-state index contributed by atoms with van der Waals surface area (Å²) in [5.74, 6) is 1.50. The van der Waals surface area contributed by atoms with Crippen molar-refractivity contribution in [3.63, 3.8) is 0 Å². The standard InChI is InChI=1S/C12H14N4/c1-16(10-5-3-2-4-6-10)12-7-8-14-11(9-13)15-12/h2-8H,9,13H2,1H3. The lowest BCUT2D eigenvalue weighted by Crippen LogP contribution is -2.13. The van der Waals surface area contributed by atoms with Crippen molar-refractivity contribution in [1.29, 1.82) is 0 Å². The van der Waals surface area contributed by atoms with Crippen LogP contribution in [0.2, 0.25) is 0 Å². The molecule has 2 rings (SSSR count). The van der Waals surface area contributed by atoms with Crippen LogP contribution >= 0.6 is 0 Å². The summed E-state index contributed by atoms with van der Waals surface area (Å²) in [6.45, 7) is 0.358. The van der Waals surface area contributed by atoms with Gasteiger partial charge < -0.3 is 10.6 Å². The summed E-state index contributed by atoms with van der Waals surface area (Å²) in [5.41, 5.74) is 6.60. The smallest absolute Gasteiger partial charge is 0.144 e. The lowest BCUT2D eigenvalue weighted by atomic mass is 10.3. The first-order chi connectivity index (χ1) is 7.81. The molecule has 1 aromatic heterocycles. The Morgan fingerprint density at radius 2 is 1.94 bits per heavy atom. The summed E-state index contributed by atoms with van der Waals surface area (Å²) in [7, 11) is 1.97. The second kappa shape index (κ2) is 4.72. The van der Waals surface area contributed by atoms with Crippen LogP contribution in [0.1, 0.15) is 5.82 Å². The summed E-state index contributed by atoms with van der Waals surface area (Å²) in [4.78, 5) is 10.4. The van der Waals surface area contributed by atoms with E-state index in [4.69, 9.17) is 5.73 Å². The molecule has 4 nitrogen and oxygen atoms in total. The monoisotopic (exact) mass is 214 g/mol. The molecule has 1 aromatic carbocycles. The first-order valence-corrected chi connectivity index (χ1v) is 5.12. The van der Waals surface area contributed by atoms with E-state index in [1.54, 1.807) is 6.20 Å². The normalized spacial score (nSPS) is 10.1. The average Bonchev–Trinajstić information content (AvgIpc) is 2.39. The Morgan fingerprint density at radius 3 is 2.62 bits per heavy atom. The molecule has 0 saturated heterocycles. The molecule has 0 saturated carbocycles. The zero-order chi connectivity index (χ0) is 11.4. The predicted molar refractivity (Wildman–Crippen MR) is 64.4 cm³/mol. The highest BCUT2D eigenvalue weighted by Crippen LogP contribution is 2.20. The Balaban J connectivity index is 2.30. The third-order valence-electron chi connectivity index (χ3n) is 2.36. The second-order valence-electron chi connectivity index (χ2n) is 3.43. The lowest BCUT2D eigenvalue weighted by Gasteiger charge is -2.18. The van der Waals surface area contributed by atoms with Gasteiger partial charge in [-0.15, -0.1) is 0 Å². The van der Waals surface area contributed by atoms with Crippen molar-refractivity contribution >= 4 is 11.5 Å². The van der Waals surface area contributed by atoms with Gasteiger partial charge in [0.25, 0.3) is 0 Å². The van der Waals surface area contributed by atoms with Crippen molar-refractivity contribution in [2.24, 2.45) is 5.73 Å². The highest BCUT2D eigenvalue weighted by atomic mass is 15.2. The minimum absolute atomic E-state index is 0.358. The molecule has 0 unspecified atom stereocenters. The fourth-order valence-electron chi connectivity index (χ4n) is 1.46. The SMILES string of the molecule is CN(c1ccccc1)c1ccnc(CN)n1. The van der Waals surface area contributed by atoms with E-state index >= 15 is 0 Å². The maximum absolute atomic E-state index is 5.51. The van der Waals surface area contributed by atoms with Crippen LogP contribution in [0.25, 0.3) is 0 Å². The molecule has 0 fully saturated rings. The zero-order valence-corrected chi connectivity index (χ0v) is 9.17. The molecule has 82 valence electrons. The molecule has 0 spiro atoms. The number of benzene rings is 1. The minimum Gasteiger partial charge on any atom is -0.329 e. The molecule has 0 atom stereocenters. The van der Waals surface area contributed by atoms with E-state index in [0.29, 0.717) is 12.4 Å². The molecule has 16 heavy (non-hydrogen) atoms. The van der Waals surface area contributed by atoms with Crippen LogP contribution in [0.3, 0.4) is 0 Å². The topological polar surface area (TPSA) is 55.0 Å². The third-order valence-corrected chi connectivity index (χ3v) is 2.36. The van der Waals surface area contributed by atoms with Crippen LogP contribution in [-0.4, -0.2) is 17.0 Å². The molecular formula is C12H14N4. The summed E-state index contributed by atoms with van der Waals surface area (Å²) in [5, 5.41) is 0. The van der Waals surface area contributed by atoms with Crippen LogP contribution in [0.15, 0.2) is 42.6 Å². The Bertz CT molecular complexity index is 456. The highest BCUT2D eigenvalue weighted by molar-refractivity contribution is 5.58. The first-order valence-electron chi connectivity index (χ1n) is 5.12. The van der Waals surface area contributed by atoms with E-state index in [0.717, 1.165) is 11.5 Å². The summed E-state index contributed by atoms with van der Waals surface area (Å²) in [6, 6.07) is 11.9. The molecule has 1 heterocycles. The van der Waals surface area contributed by atoms with Crippen molar-refractivity contribution in [3.05, 3.63) is 48.4 Å². The van der Waals surface area contributed by atoms with Crippen LogP contribution in [-0.2, 0) is 6.54 Å². The zero-order valence-electron chi connectivity index (χ0n) is 9.17. The van der Waals surface area contributed by atoms with Crippen molar-refractivity contribution in [2.45, 2.75) is 6.54 Å². The van der Waals surface area contributed by atoms with Gasteiger partial charge in [-0.25, -0.2) is 9.97 Å². The fourth-order valence-corrected chi connectivity index (χ4v) is 1.46. The molecule has 0 aliphatic heterocycles. The predicted octanol–water partition coefficient (Wildman–Crippen LogP) is 1.70. The lowest BCUT2D eigenvalue weighted by molar-refractivity contribution is 0.899. The van der Waals surface area contributed by atoms with E-state index in [1.165, 1.54) is 0 Å². The van der Waals surface area contributed by atoms with E-state index in [1.807, 2.05) is 48.3 Å². The molecule has 4 heteroatoms. The first kappa shape index (κ1) is 10.6. The molecule has 0 aliphatic rings. The van der Waals surface area contributed by atoms with Gasteiger partial charge in [0, 0.05) is 18.9 Å². The van der Waals surface area contributed by atoms with Gasteiger partial charge >= 0.3 is 0 Å². The Morgan fingerprint density at radius 1 is 1.19 bits per heavy atom. The molecule has 0 aliphatic carbocycles. The minimum atomic E-state index is 0.358. The number of para-hydroxylation sites is 1. The van der Waals surface area contributed by atoms with Gasteiger partial charge in [0.05, 0.1) is 6.54 Å². The quantitative estimate of drug-likeness (QED) is 0.845. The number of aromatic nitrogens is 2. The van der Waals surface area contributed by atoms with Gasteiger partial charge in [0.1, 0.15) is 11.6 Å². The molecular weight excluding hydrogens is 200 g/mol. The highest BCUT2D eigenvalue weighted by Gasteiger charge is 2.05. The molecule has 0 bridgehead atoms. The van der Waals surface area contributed by atoms with Gasteiger partial charge in [-0.05, 0) is 18.2 Å². The van der Waals surface area contributed by atoms with Crippen LogP contribution in [0.5, 0.6) is 0 Å². The van der Waals surface area contributed by atoms with Crippen LogP contribution < -0.4 is 10.6 Å². The Labute approximate surface area is 94.8 Å². The number of hydrogen-bond acceptors (Lipinski definition) is 4. The largest absolute Gasteiger partial charge is 0.329 e. The third kappa shape index (κ3) is 2.17. The van der Waals surface area contributed by atoms with Crippen LogP contribution in [0, 0.1) is 0 Å². The number of nitrogens with two attached hydrogens (primary N) is 1. The van der Waals surface area contributed by atoms with Gasteiger partial charge in [0.15, 0.2) is 0 Å². The van der Waals surface area contributed by atoms with Gasteiger partial charge in [0.2, 0.25) is 0 Å². The fraction of sp³-hybridized carbons (Fsp3) is 0.167.